The fourth-order valence-electron chi connectivity index (χ4n) is 2.34. The number of hydrogen-bond acceptors (Lipinski definition) is 4. The predicted octanol–water partition coefficient (Wildman–Crippen LogP) is 2.35. The zero-order chi connectivity index (χ0) is 20.0. The molecule has 2 aromatic rings. The molecule has 2 rings (SSSR count). The number of carbonyl (C=O) groups excluding carboxylic acids is 2. The Morgan fingerprint density at radius 1 is 1.15 bits per heavy atom. The van der Waals surface area contributed by atoms with Gasteiger partial charge in [-0.3, -0.25) is 19.7 Å². The number of benzene rings is 2. The fourth-order valence-corrected chi connectivity index (χ4v) is 2.34. The van der Waals surface area contributed by atoms with E-state index in [2.05, 4.69) is 10.6 Å². The number of hydrogen-bond donors (Lipinski definition) is 2. The van der Waals surface area contributed by atoms with Crippen molar-refractivity contribution in [1.29, 1.82) is 0 Å². The summed E-state index contributed by atoms with van der Waals surface area (Å²) in [5.74, 6) is -2.60. The van der Waals surface area contributed by atoms with Crippen molar-refractivity contribution in [1.82, 2.24) is 10.6 Å². The van der Waals surface area contributed by atoms with Crippen molar-refractivity contribution in [2.24, 2.45) is 0 Å². The average molecular weight is 377 g/mol. The van der Waals surface area contributed by atoms with Crippen LogP contribution in [0.2, 0.25) is 0 Å². The van der Waals surface area contributed by atoms with Gasteiger partial charge in [-0.2, -0.15) is 0 Å². The van der Waals surface area contributed by atoms with Gasteiger partial charge in [-0.25, -0.2) is 8.78 Å². The number of nitrogens with zero attached hydrogens (tertiary/aromatic N) is 1. The molecule has 7 nitrogen and oxygen atoms in total. The van der Waals surface area contributed by atoms with Gasteiger partial charge in [0, 0.05) is 29.8 Å². The summed E-state index contributed by atoms with van der Waals surface area (Å²) in [7, 11) is 0. The minimum atomic E-state index is -0.942. The monoisotopic (exact) mass is 377 g/mol. The summed E-state index contributed by atoms with van der Waals surface area (Å²) in [5.41, 5.74) is -0.338. The number of nitrogens with one attached hydrogen (secondary N) is 2. The van der Waals surface area contributed by atoms with E-state index < -0.39 is 34.4 Å². The van der Waals surface area contributed by atoms with Gasteiger partial charge in [-0.1, -0.05) is 12.1 Å². The summed E-state index contributed by atoms with van der Waals surface area (Å²) in [6.45, 7) is 1.40. The van der Waals surface area contributed by atoms with Crippen LogP contribution in [0.1, 0.15) is 22.8 Å². The molecule has 9 heteroatoms. The highest BCUT2D eigenvalue weighted by molar-refractivity contribution is 5.97. The van der Waals surface area contributed by atoms with Crippen molar-refractivity contribution in [3.63, 3.8) is 0 Å². The molecule has 0 bridgehead atoms. The molecule has 0 saturated heterocycles. The number of nitro benzene ring substituents is 1. The summed E-state index contributed by atoms with van der Waals surface area (Å²) in [6.07, 6.45) is -0.0458. The van der Waals surface area contributed by atoms with Gasteiger partial charge in [0.2, 0.25) is 5.91 Å². The van der Waals surface area contributed by atoms with Gasteiger partial charge in [-0.15, -0.1) is 0 Å². The van der Waals surface area contributed by atoms with Gasteiger partial charge in [0.15, 0.2) is 0 Å². The maximum atomic E-state index is 13.5. The number of amides is 2. The Balaban J connectivity index is 1.89. The molecule has 1 unspecified atom stereocenters. The van der Waals surface area contributed by atoms with Crippen molar-refractivity contribution < 1.29 is 23.3 Å². The molecule has 2 amide bonds. The summed E-state index contributed by atoms with van der Waals surface area (Å²) >= 11 is 0. The first kappa shape index (κ1) is 20.0. The van der Waals surface area contributed by atoms with Gasteiger partial charge in [0.05, 0.1) is 4.92 Å². The van der Waals surface area contributed by atoms with Crippen LogP contribution in [0.25, 0.3) is 0 Å². The Morgan fingerprint density at radius 3 is 2.41 bits per heavy atom. The summed E-state index contributed by atoms with van der Waals surface area (Å²) in [6, 6.07) is 7.65. The molecule has 142 valence electrons. The van der Waals surface area contributed by atoms with Crippen LogP contribution in [0, 0.1) is 21.7 Å². The van der Waals surface area contributed by atoms with E-state index in [9.17, 15) is 28.5 Å². The molecule has 0 heterocycles. The zero-order valence-electron chi connectivity index (χ0n) is 14.4. The third kappa shape index (κ3) is 5.30. The predicted molar refractivity (Wildman–Crippen MR) is 93.1 cm³/mol. The van der Waals surface area contributed by atoms with Gasteiger partial charge in [-0.05, 0) is 31.5 Å². The van der Waals surface area contributed by atoms with Crippen LogP contribution in [0.4, 0.5) is 14.5 Å². The van der Waals surface area contributed by atoms with Gasteiger partial charge in [0.25, 0.3) is 11.6 Å². The lowest BCUT2D eigenvalue weighted by Gasteiger charge is -2.14. The van der Waals surface area contributed by atoms with Gasteiger partial charge in [0.1, 0.15) is 17.7 Å². The maximum absolute atomic E-state index is 13.5. The van der Waals surface area contributed by atoms with E-state index in [-0.39, 0.29) is 29.8 Å². The van der Waals surface area contributed by atoms with Crippen LogP contribution in [0.3, 0.4) is 0 Å². The minimum Gasteiger partial charge on any atom is -0.354 e. The minimum absolute atomic E-state index is 0.0201. The summed E-state index contributed by atoms with van der Waals surface area (Å²) in [4.78, 5) is 34.2. The van der Waals surface area contributed by atoms with E-state index in [0.717, 1.165) is 18.2 Å². The molecule has 0 spiro atoms. The third-order valence-electron chi connectivity index (χ3n) is 3.80. The quantitative estimate of drug-likeness (QED) is 0.571. The van der Waals surface area contributed by atoms with Crippen LogP contribution in [0.5, 0.6) is 0 Å². The molecule has 1 atom stereocenters. The van der Waals surface area contributed by atoms with E-state index >= 15 is 0 Å². The Bertz CT molecular complexity index is 853. The van der Waals surface area contributed by atoms with E-state index in [4.69, 9.17) is 0 Å². The fraction of sp³-hybridized carbons (Fsp3) is 0.222. The van der Waals surface area contributed by atoms with Crippen molar-refractivity contribution in [2.45, 2.75) is 19.4 Å². The molecule has 2 aromatic carbocycles. The SMILES string of the molecule is CC(NC(=O)c1cccc([N+](=O)[O-])c1)C(=O)NCCc1c(F)cccc1F. The van der Waals surface area contributed by atoms with E-state index in [1.165, 1.54) is 31.2 Å². The number of rotatable bonds is 7. The molecule has 2 N–H and O–H groups in total. The molecule has 0 aromatic heterocycles. The molecular weight excluding hydrogens is 360 g/mol. The number of non-ortho nitro benzene ring substituents is 1. The lowest BCUT2D eigenvalue weighted by atomic mass is 10.1. The number of carbonyl (C=O) groups is 2. The van der Waals surface area contributed by atoms with Gasteiger partial charge >= 0.3 is 0 Å². The molecule has 0 saturated carbocycles. The summed E-state index contributed by atoms with van der Waals surface area (Å²) < 4.78 is 27.0. The maximum Gasteiger partial charge on any atom is 0.270 e. The Hall–Kier alpha value is -3.36. The standard InChI is InChI=1S/C18H17F2N3O4/c1-11(22-18(25)12-4-2-5-13(10-12)23(26)27)17(24)21-9-8-14-15(19)6-3-7-16(14)20/h2-7,10-11H,8-9H2,1H3,(H,21,24)(H,22,25). The largest absolute Gasteiger partial charge is 0.354 e. The average Bonchev–Trinajstić information content (AvgIpc) is 2.63. The van der Waals surface area contributed by atoms with Crippen LogP contribution in [0.15, 0.2) is 42.5 Å². The topological polar surface area (TPSA) is 101 Å². The molecular formula is C18H17F2N3O4. The molecule has 0 aliphatic heterocycles. The molecule has 27 heavy (non-hydrogen) atoms. The molecule has 0 fully saturated rings. The lowest BCUT2D eigenvalue weighted by Crippen LogP contribution is -2.45. The first-order valence-corrected chi connectivity index (χ1v) is 8.05. The number of nitro groups is 1. The second-order valence-electron chi connectivity index (χ2n) is 5.74. The van der Waals surface area contributed by atoms with E-state index in [1.54, 1.807) is 0 Å². The molecule has 0 radical (unpaired) electrons. The Kier molecular flexibility index (Phi) is 6.53. The highest BCUT2D eigenvalue weighted by Crippen LogP contribution is 2.13. The smallest absolute Gasteiger partial charge is 0.270 e. The zero-order valence-corrected chi connectivity index (χ0v) is 14.4. The van der Waals surface area contributed by atoms with Crippen molar-refractivity contribution in [3.8, 4) is 0 Å². The highest BCUT2D eigenvalue weighted by Gasteiger charge is 2.18. The third-order valence-corrected chi connectivity index (χ3v) is 3.80. The van der Waals surface area contributed by atoms with Gasteiger partial charge < -0.3 is 10.6 Å². The molecule has 0 aliphatic rings. The second kappa shape index (κ2) is 8.84. The summed E-state index contributed by atoms with van der Waals surface area (Å²) in [5, 5.41) is 15.6. The van der Waals surface area contributed by atoms with Crippen molar-refractivity contribution >= 4 is 17.5 Å². The van der Waals surface area contributed by atoms with E-state index in [0.29, 0.717) is 0 Å². The van der Waals surface area contributed by atoms with Crippen molar-refractivity contribution in [3.05, 3.63) is 75.3 Å². The van der Waals surface area contributed by atoms with Crippen molar-refractivity contribution in [2.75, 3.05) is 6.54 Å². The first-order valence-electron chi connectivity index (χ1n) is 8.05. The van der Waals surface area contributed by atoms with Crippen LogP contribution < -0.4 is 10.6 Å². The Morgan fingerprint density at radius 2 is 1.78 bits per heavy atom. The highest BCUT2D eigenvalue weighted by atomic mass is 19.1. The Labute approximate surface area is 153 Å². The second-order valence-corrected chi connectivity index (χ2v) is 5.74. The van der Waals surface area contributed by atoms with E-state index in [1.807, 2.05) is 0 Å². The number of halogens is 2. The normalized spacial score (nSPS) is 11.5. The first-order chi connectivity index (χ1) is 12.8. The lowest BCUT2D eigenvalue weighted by molar-refractivity contribution is -0.384. The molecule has 0 aliphatic carbocycles. The van der Waals surface area contributed by atoms with Crippen LogP contribution >= 0.6 is 0 Å². The van der Waals surface area contributed by atoms with Crippen LogP contribution in [-0.2, 0) is 11.2 Å². The van der Waals surface area contributed by atoms with Crippen LogP contribution in [-0.4, -0.2) is 29.3 Å².